The topological polar surface area (TPSA) is 0 Å². The third-order valence-corrected chi connectivity index (χ3v) is 1.95. The lowest BCUT2D eigenvalue weighted by molar-refractivity contribution is 0.611. The highest BCUT2D eigenvalue weighted by Gasteiger charge is 2.09. The summed E-state index contributed by atoms with van der Waals surface area (Å²) in [5, 5.41) is 0. The minimum absolute atomic E-state index is 0.912. The second kappa shape index (κ2) is 2.34. The quantitative estimate of drug-likeness (QED) is 0.455. The zero-order valence-corrected chi connectivity index (χ0v) is 5.78. The van der Waals surface area contributed by atoms with Gasteiger partial charge in [-0.15, -0.1) is 0 Å². The van der Waals surface area contributed by atoms with Crippen LogP contribution in [0.5, 0.6) is 0 Å². The average Bonchev–Trinajstić information content (AvgIpc) is 2.14. The molecule has 0 nitrogen and oxygen atoms in total. The molecule has 0 aromatic carbocycles. The maximum Gasteiger partial charge on any atom is -0.0231 e. The summed E-state index contributed by atoms with van der Waals surface area (Å²) in [6, 6.07) is 0. The second-order valence-corrected chi connectivity index (χ2v) is 2.72. The van der Waals surface area contributed by atoms with Crippen LogP contribution in [-0.4, -0.2) is 0 Å². The van der Waals surface area contributed by atoms with Gasteiger partial charge in [0.1, 0.15) is 0 Å². The smallest absolute Gasteiger partial charge is 0.0231 e. The van der Waals surface area contributed by atoms with Crippen LogP contribution in [0.15, 0.2) is 11.6 Å². The van der Waals surface area contributed by atoms with Crippen molar-refractivity contribution in [2.45, 2.75) is 33.1 Å². The van der Waals surface area contributed by atoms with Gasteiger partial charge < -0.3 is 0 Å². The van der Waals surface area contributed by atoms with Crippen LogP contribution in [0.4, 0.5) is 0 Å². The Morgan fingerprint density at radius 2 is 2.50 bits per heavy atom. The summed E-state index contributed by atoms with van der Waals surface area (Å²) >= 11 is 0. The van der Waals surface area contributed by atoms with Crippen molar-refractivity contribution in [3.05, 3.63) is 11.6 Å². The number of hydrogen-bond donors (Lipinski definition) is 0. The van der Waals surface area contributed by atoms with Crippen LogP contribution in [0.2, 0.25) is 0 Å². The Labute approximate surface area is 51.6 Å². The molecule has 0 bridgehead atoms. The Morgan fingerprint density at radius 3 is 2.75 bits per heavy atom. The zero-order valence-electron chi connectivity index (χ0n) is 5.78. The minimum Gasteiger partial charge on any atom is -0.0825 e. The van der Waals surface area contributed by atoms with E-state index in [1.54, 1.807) is 5.57 Å². The fourth-order valence-electron chi connectivity index (χ4n) is 1.30. The van der Waals surface area contributed by atoms with Crippen LogP contribution in [0, 0.1) is 5.92 Å². The van der Waals surface area contributed by atoms with Crippen molar-refractivity contribution in [3.8, 4) is 0 Å². The van der Waals surface area contributed by atoms with Gasteiger partial charge in [0.05, 0.1) is 0 Å². The van der Waals surface area contributed by atoms with E-state index in [1.807, 2.05) is 0 Å². The molecule has 0 aromatic rings. The van der Waals surface area contributed by atoms with Gasteiger partial charge in [-0.2, -0.15) is 0 Å². The lowest BCUT2D eigenvalue weighted by atomic mass is 10.1. The molecule has 0 fully saturated rings. The molecule has 0 heteroatoms. The first-order valence-electron chi connectivity index (χ1n) is 3.50. The third kappa shape index (κ3) is 1.12. The van der Waals surface area contributed by atoms with Gasteiger partial charge in [-0.3, -0.25) is 0 Å². The Bertz CT molecular complexity index is 101. The molecular weight excluding hydrogens is 96.1 g/mol. The van der Waals surface area contributed by atoms with Crippen molar-refractivity contribution in [2.75, 3.05) is 0 Å². The maximum atomic E-state index is 2.42. The van der Waals surface area contributed by atoms with Crippen LogP contribution in [-0.2, 0) is 0 Å². The van der Waals surface area contributed by atoms with Crippen LogP contribution in [0.25, 0.3) is 0 Å². The molecule has 1 rings (SSSR count). The zero-order chi connectivity index (χ0) is 5.98. The van der Waals surface area contributed by atoms with E-state index < -0.39 is 0 Å². The molecule has 8 heavy (non-hydrogen) atoms. The van der Waals surface area contributed by atoms with Crippen molar-refractivity contribution in [3.63, 3.8) is 0 Å². The van der Waals surface area contributed by atoms with Crippen molar-refractivity contribution in [1.82, 2.24) is 0 Å². The summed E-state index contributed by atoms with van der Waals surface area (Å²) in [6.45, 7) is 4.50. The van der Waals surface area contributed by atoms with Gasteiger partial charge in [0.2, 0.25) is 0 Å². The van der Waals surface area contributed by atoms with E-state index in [4.69, 9.17) is 0 Å². The molecule has 1 aliphatic carbocycles. The third-order valence-electron chi connectivity index (χ3n) is 1.95. The van der Waals surface area contributed by atoms with Gasteiger partial charge in [-0.1, -0.05) is 18.6 Å². The highest BCUT2D eigenvalue weighted by atomic mass is 14.1. The first-order valence-corrected chi connectivity index (χ1v) is 3.50. The summed E-state index contributed by atoms with van der Waals surface area (Å²) in [5.41, 5.74) is 1.59. The summed E-state index contributed by atoms with van der Waals surface area (Å²) in [6.07, 6.45) is 6.50. The molecule has 46 valence electrons. The number of rotatable bonds is 1. The maximum absolute atomic E-state index is 2.42. The first kappa shape index (κ1) is 5.87. The molecule has 0 heterocycles. The van der Waals surface area contributed by atoms with Crippen molar-refractivity contribution in [1.29, 1.82) is 0 Å². The largest absolute Gasteiger partial charge is 0.0825 e. The Hall–Kier alpha value is -0.260. The molecule has 1 unspecified atom stereocenters. The molecule has 0 aliphatic heterocycles. The summed E-state index contributed by atoms with van der Waals surface area (Å²) in [7, 11) is 0. The molecule has 0 aromatic heterocycles. The summed E-state index contributed by atoms with van der Waals surface area (Å²) < 4.78 is 0. The molecule has 0 N–H and O–H groups in total. The van der Waals surface area contributed by atoms with Gasteiger partial charge in [-0.05, 0) is 32.1 Å². The SMILES string of the molecule is CCC1C=C(C)CC1. The van der Waals surface area contributed by atoms with Gasteiger partial charge >= 0.3 is 0 Å². The number of hydrogen-bond acceptors (Lipinski definition) is 0. The van der Waals surface area contributed by atoms with E-state index in [1.165, 1.54) is 19.3 Å². The van der Waals surface area contributed by atoms with Crippen LogP contribution in [0.1, 0.15) is 33.1 Å². The van der Waals surface area contributed by atoms with Gasteiger partial charge in [-0.25, -0.2) is 0 Å². The Balaban J connectivity index is 2.41. The fraction of sp³-hybridized carbons (Fsp3) is 0.750. The molecule has 0 saturated carbocycles. The van der Waals surface area contributed by atoms with Crippen LogP contribution >= 0.6 is 0 Å². The molecule has 0 spiro atoms. The van der Waals surface area contributed by atoms with Crippen molar-refractivity contribution < 1.29 is 0 Å². The van der Waals surface area contributed by atoms with E-state index in [-0.39, 0.29) is 0 Å². The average molecular weight is 110 g/mol. The van der Waals surface area contributed by atoms with E-state index in [0.717, 1.165) is 5.92 Å². The van der Waals surface area contributed by atoms with E-state index in [2.05, 4.69) is 19.9 Å². The molecule has 1 aliphatic rings. The Morgan fingerprint density at radius 1 is 1.75 bits per heavy atom. The molecular formula is C8H14. The predicted molar refractivity (Wildman–Crippen MR) is 36.8 cm³/mol. The molecule has 1 atom stereocenters. The van der Waals surface area contributed by atoms with E-state index >= 15 is 0 Å². The minimum atomic E-state index is 0.912. The Kier molecular flexibility index (Phi) is 1.72. The highest BCUT2D eigenvalue weighted by Crippen LogP contribution is 2.25. The van der Waals surface area contributed by atoms with Crippen molar-refractivity contribution >= 4 is 0 Å². The fourth-order valence-corrected chi connectivity index (χ4v) is 1.30. The monoisotopic (exact) mass is 110 g/mol. The first-order chi connectivity index (χ1) is 3.83. The van der Waals surface area contributed by atoms with Gasteiger partial charge in [0, 0.05) is 0 Å². The predicted octanol–water partition coefficient (Wildman–Crippen LogP) is 2.75. The standard InChI is InChI=1S/C8H14/c1-3-8-5-4-7(2)6-8/h6,8H,3-5H2,1-2H3. The lowest BCUT2D eigenvalue weighted by Crippen LogP contribution is -1.84. The molecule has 0 amide bonds. The second-order valence-electron chi connectivity index (χ2n) is 2.72. The summed E-state index contributed by atoms with van der Waals surface area (Å²) in [5.74, 6) is 0.912. The highest BCUT2D eigenvalue weighted by molar-refractivity contribution is 5.07. The molecule has 0 radical (unpaired) electrons. The number of allylic oxidation sites excluding steroid dienone is 2. The van der Waals surface area contributed by atoms with E-state index in [9.17, 15) is 0 Å². The van der Waals surface area contributed by atoms with Gasteiger partial charge in [0.15, 0.2) is 0 Å². The lowest BCUT2D eigenvalue weighted by Gasteiger charge is -1.97. The summed E-state index contributed by atoms with van der Waals surface area (Å²) in [4.78, 5) is 0. The van der Waals surface area contributed by atoms with E-state index in [0.29, 0.717) is 0 Å². The van der Waals surface area contributed by atoms with Gasteiger partial charge in [0.25, 0.3) is 0 Å². The van der Waals surface area contributed by atoms with Crippen molar-refractivity contribution in [2.24, 2.45) is 5.92 Å². The van der Waals surface area contributed by atoms with Crippen LogP contribution < -0.4 is 0 Å². The molecule has 0 saturated heterocycles. The normalized spacial score (nSPS) is 28.2. The van der Waals surface area contributed by atoms with Crippen LogP contribution in [0.3, 0.4) is 0 Å².